The molecule has 1 aromatic rings. The van der Waals surface area contributed by atoms with Gasteiger partial charge in [-0.15, -0.1) is 0 Å². The van der Waals surface area contributed by atoms with E-state index in [1.807, 2.05) is 30.9 Å². The maximum atomic E-state index is 13.3. The van der Waals surface area contributed by atoms with Gasteiger partial charge < -0.3 is 19.7 Å². The molecule has 0 unspecified atom stereocenters. The van der Waals surface area contributed by atoms with Gasteiger partial charge in [0.15, 0.2) is 11.5 Å². The normalized spacial score (nSPS) is 21.4. The Morgan fingerprint density at radius 1 is 1.16 bits per heavy atom. The van der Waals surface area contributed by atoms with Crippen molar-refractivity contribution in [2.45, 2.75) is 85.3 Å². The van der Waals surface area contributed by atoms with E-state index in [-0.39, 0.29) is 43.2 Å². The summed E-state index contributed by atoms with van der Waals surface area (Å²) in [7, 11) is 0. The number of ether oxygens (including phenoxy) is 2. The summed E-state index contributed by atoms with van der Waals surface area (Å²) in [5, 5.41) is 21.8. The maximum Gasteiger partial charge on any atom is 0.308 e. The molecule has 2 heterocycles. The van der Waals surface area contributed by atoms with Crippen LogP contribution in [0.3, 0.4) is 0 Å². The third-order valence-corrected chi connectivity index (χ3v) is 7.39. The van der Waals surface area contributed by atoms with Gasteiger partial charge in [0.1, 0.15) is 0 Å². The third kappa shape index (κ3) is 6.94. The number of nitrogens with zero attached hydrogens (tertiary/aromatic N) is 2. The Kier molecular flexibility index (Phi) is 10.2. The number of carboxylic acid groups (broad SMARTS) is 1. The van der Waals surface area contributed by atoms with E-state index in [1.165, 1.54) is 5.06 Å². The molecule has 1 saturated heterocycles. The van der Waals surface area contributed by atoms with Crippen LogP contribution < -0.4 is 9.47 Å². The molecule has 0 radical (unpaired) electrons. The first-order chi connectivity index (χ1) is 17.6. The first kappa shape index (κ1) is 29.2. The number of amides is 1. The van der Waals surface area contributed by atoms with E-state index in [0.29, 0.717) is 43.2 Å². The first-order valence-electron chi connectivity index (χ1n) is 13.6. The minimum absolute atomic E-state index is 0.0678. The zero-order valence-corrected chi connectivity index (χ0v) is 23.0. The molecule has 1 fully saturated rings. The maximum absolute atomic E-state index is 13.3. The van der Waals surface area contributed by atoms with E-state index in [9.17, 15) is 19.8 Å². The van der Waals surface area contributed by atoms with Gasteiger partial charge in [0.25, 0.3) is 5.91 Å². The second kappa shape index (κ2) is 12.9. The minimum Gasteiger partial charge on any atom is -0.481 e. The Morgan fingerprint density at radius 3 is 2.54 bits per heavy atom. The first-order valence-corrected chi connectivity index (χ1v) is 13.6. The summed E-state index contributed by atoms with van der Waals surface area (Å²) < 4.78 is 11.1. The van der Waals surface area contributed by atoms with Gasteiger partial charge in [-0.3, -0.25) is 19.3 Å². The van der Waals surface area contributed by atoms with Gasteiger partial charge in [0.05, 0.1) is 25.7 Å². The number of fused-ring (bicyclic) bond motifs is 1. The molecular formula is C28H44N2O7. The lowest BCUT2D eigenvalue weighted by Gasteiger charge is -2.35. The molecule has 3 atom stereocenters. The summed E-state index contributed by atoms with van der Waals surface area (Å²) in [6.07, 6.45) is 4.18. The standard InChI is InChI=1S/C28H44N2O7/c1-6-9-28(4,5)14-22-25(27(33)34)21(19-12-20(17-31)26-23(13-19)35-18-36-26)15-29(22)16-24(32)30(10-7-2)37-11-8-3/h12-13,21-22,25,31H,6-11,14-18H2,1-5H3,(H,33,34)/t21-,22+,25-/m1/s1. The van der Waals surface area contributed by atoms with E-state index >= 15 is 0 Å². The number of hydroxylamine groups is 2. The largest absolute Gasteiger partial charge is 0.481 e. The van der Waals surface area contributed by atoms with Gasteiger partial charge in [-0.1, -0.05) is 41.0 Å². The van der Waals surface area contributed by atoms with E-state index in [1.54, 1.807) is 0 Å². The molecule has 9 nitrogen and oxygen atoms in total. The lowest BCUT2D eigenvalue weighted by Crippen LogP contribution is -2.45. The van der Waals surface area contributed by atoms with Crippen molar-refractivity contribution >= 4 is 11.9 Å². The van der Waals surface area contributed by atoms with Crippen LogP contribution in [0, 0.1) is 11.3 Å². The van der Waals surface area contributed by atoms with Gasteiger partial charge >= 0.3 is 5.97 Å². The number of aliphatic hydroxyl groups is 1. The summed E-state index contributed by atoms with van der Waals surface area (Å²) in [6, 6.07) is 3.32. The number of aliphatic carboxylic acids is 1. The number of hydrogen-bond acceptors (Lipinski definition) is 7. The van der Waals surface area contributed by atoms with Crippen LogP contribution in [0.2, 0.25) is 0 Å². The monoisotopic (exact) mass is 520 g/mol. The van der Waals surface area contributed by atoms with Crippen LogP contribution in [0.25, 0.3) is 0 Å². The van der Waals surface area contributed by atoms with E-state index < -0.39 is 11.9 Å². The molecule has 2 aliphatic rings. The van der Waals surface area contributed by atoms with Crippen molar-refractivity contribution < 1.29 is 34.1 Å². The highest BCUT2D eigenvalue weighted by molar-refractivity contribution is 5.78. The van der Waals surface area contributed by atoms with Gasteiger partial charge in [-0.2, -0.15) is 0 Å². The van der Waals surface area contributed by atoms with Crippen LogP contribution >= 0.6 is 0 Å². The Bertz CT molecular complexity index is 935. The highest BCUT2D eigenvalue weighted by Crippen LogP contribution is 2.46. The second-order valence-corrected chi connectivity index (χ2v) is 11.0. The van der Waals surface area contributed by atoms with Crippen LogP contribution in [-0.2, 0) is 21.0 Å². The molecule has 208 valence electrons. The van der Waals surface area contributed by atoms with Gasteiger partial charge in [-0.05, 0) is 48.8 Å². The lowest BCUT2D eigenvalue weighted by atomic mass is 9.76. The van der Waals surface area contributed by atoms with Crippen molar-refractivity contribution in [3.8, 4) is 11.5 Å². The molecule has 0 saturated carbocycles. The number of aliphatic hydroxyl groups excluding tert-OH is 1. The van der Waals surface area contributed by atoms with Gasteiger partial charge in [-0.25, -0.2) is 5.06 Å². The van der Waals surface area contributed by atoms with Crippen molar-refractivity contribution in [3.05, 3.63) is 23.3 Å². The van der Waals surface area contributed by atoms with Crippen LogP contribution in [0.15, 0.2) is 12.1 Å². The molecule has 3 rings (SSSR count). The number of carboxylic acids is 1. The average Bonchev–Trinajstić information content (AvgIpc) is 3.45. The molecular weight excluding hydrogens is 476 g/mol. The number of rotatable bonds is 14. The van der Waals surface area contributed by atoms with Crippen molar-refractivity contribution in [1.29, 1.82) is 0 Å². The minimum atomic E-state index is -0.881. The molecule has 37 heavy (non-hydrogen) atoms. The van der Waals surface area contributed by atoms with Crippen LogP contribution in [0.1, 0.15) is 83.8 Å². The molecule has 1 amide bonds. The topological polar surface area (TPSA) is 109 Å². The van der Waals surface area contributed by atoms with Crippen LogP contribution in [0.4, 0.5) is 0 Å². The number of hydrogen-bond donors (Lipinski definition) is 2. The van der Waals surface area contributed by atoms with Gasteiger partial charge in [0.2, 0.25) is 6.79 Å². The lowest BCUT2D eigenvalue weighted by molar-refractivity contribution is -0.188. The van der Waals surface area contributed by atoms with Crippen molar-refractivity contribution in [2.75, 3.05) is 33.0 Å². The summed E-state index contributed by atoms with van der Waals surface area (Å²) in [4.78, 5) is 33.9. The quantitative estimate of drug-likeness (QED) is 0.352. The fourth-order valence-corrected chi connectivity index (χ4v) is 5.79. The molecule has 0 aromatic heterocycles. The van der Waals surface area contributed by atoms with Crippen molar-refractivity contribution in [2.24, 2.45) is 11.3 Å². The highest BCUT2D eigenvalue weighted by atomic mass is 16.7. The predicted octanol–water partition coefficient (Wildman–Crippen LogP) is 4.17. The Hall–Kier alpha value is -2.36. The summed E-state index contributed by atoms with van der Waals surface area (Å²) in [6.45, 7) is 11.7. The molecule has 2 N–H and O–H groups in total. The molecule has 0 aliphatic carbocycles. The number of benzene rings is 1. The molecule has 9 heteroatoms. The zero-order valence-electron chi connectivity index (χ0n) is 23.0. The van der Waals surface area contributed by atoms with Crippen LogP contribution in [0.5, 0.6) is 11.5 Å². The molecule has 0 spiro atoms. The van der Waals surface area contributed by atoms with E-state index in [4.69, 9.17) is 14.3 Å². The summed E-state index contributed by atoms with van der Waals surface area (Å²) in [5.41, 5.74) is 1.27. The highest BCUT2D eigenvalue weighted by Gasteiger charge is 2.49. The number of carbonyl (C=O) groups excluding carboxylic acids is 1. The molecule has 2 aliphatic heterocycles. The summed E-state index contributed by atoms with van der Waals surface area (Å²) in [5.74, 6) is -1.10. The third-order valence-electron chi connectivity index (χ3n) is 7.39. The fraction of sp³-hybridized carbons (Fsp3) is 0.714. The number of likely N-dealkylation sites (tertiary alicyclic amines) is 1. The number of carbonyl (C=O) groups is 2. The summed E-state index contributed by atoms with van der Waals surface area (Å²) >= 11 is 0. The van der Waals surface area contributed by atoms with E-state index in [2.05, 4.69) is 20.8 Å². The molecule has 1 aromatic carbocycles. The smallest absolute Gasteiger partial charge is 0.308 e. The average molecular weight is 521 g/mol. The van der Waals surface area contributed by atoms with Crippen LogP contribution in [-0.4, -0.2) is 71.1 Å². The van der Waals surface area contributed by atoms with Crippen molar-refractivity contribution in [1.82, 2.24) is 9.96 Å². The van der Waals surface area contributed by atoms with Crippen molar-refractivity contribution in [3.63, 3.8) is 0 Å². The fourth-order valence-electron chi connectivity index (χ4n) is 5.79. The predicted molar refractivity (Wildman–Crippen MR) is 139 cm³/mol. The molecule has 0 bridgehead atoms. The Balaban J connectivity index is 1.97. The SMILES string of the molecule is CCCON(CCC)C(=O)CN1C[C@H](c2cc(CO)c3c(c2)OCO3)[C@@H](C(=O)O)[C@@H]1CC(C)(C)CCC. The Morgan fingerprint density at radius 2 is 1.92 bits per heavy atom. The zero-order chi connectivity index (χ0) is 27.2. The Labute approximate surface area is 220 Å². The second-order valence-electron chi connectivity index (χ2n) is 11.0. The van der Waals surface area contributed by atoms with Gasteiger partial charge in [0, 0.05) is 30.6 Å². The van der Waals surface area contributed by atoms with E-state index in [0.717, 1.165) is 31.2 Å².